The molecule has 0 spiro atoms. The lowest BCUT2D eigenvalue weighted by Crippen LogP contribution is -2.49. The summed E-state index contributed by atoms with van der Waals surface area (Å²) in [6.45, 7) is 0.156. The molecule has 0 saturated carbocycles. The van der Waals surface area contributed by atoms with Gasteiger partial charge in [-0.3, -0.25) is 14.1 Å². The number of carbonyl (C=O) groups excluding carboxylic acids is 2. The van der Waals surface area contributed by atoms with Gasteiger partial charge in [-0.15, -0.1) is 0 Å². The number of benzene rings is 3. The van der Waals surface area contributed by atoms with Crippen LogP contribution in [-0.4, -0.2) is 38.1 Å². The van der Waals surface area contributed by atoms with E-state index in [2.05, 4.69) is 5.32 Å². The van der Waals surface area contributed by atoms with Gasteiger partial charge in [0.15, 0.2) is 0 Å². The fourth-order valence-corrected chi connectivity index (χ4v) is 3.79. The Labute approximate surface area is 198 Å². The molecule has 10 heteroatoms. The Morgan fingerprint density at radius 2 is 1.50 bits per heavy atom. The van der Waals surface area contributed by atoms with Crippen LogP contribution < -0.4 is 14.9 Å². The van der Waals surface area contributed by atoms with E-state index < -0.39 is 22.4 Å². The first-order valence-electron chi connectivity index (χ1n) is 10.3. The second kappa shape index (κ2) is 11.3. The number of anilines is 2. The molecule has 0 heterocycles. The SMILES string of the molecule is COC(=O)N[C@@H](Cc1ccccc1)C(=O)N(Cc1ccc(NS(=O)(=O)O)cc1)c1ccccc1. The molecule has 9 nitrogen and oxygen atoms in total. The van der Waals surface area contributed by atoms with Gasteiger partial charge in [0.2, 0.25) is 5.91 Å². The number of amides is 2. The van der Waals surface area contributed by atoms with Crippen molar-refractivity contribution in [1.29, 1.82) is 0 Å². The number of hydrogen-bond donors (Lipinski definition) is 3. The van der Waals surface area contributed by atoms with E-state index in [-0.39, 0.29) is 24.6 Å². The van der Waals surface area contributed by atoms with Crippen LogP contribution in [0.15, 0.2) is 84.9 Å². The molecule has 3 N–H and O–H groups in total. The van der Waals surface area contributed by atoms with Gasteiger partial charge >= 0.3 is 16.4 Å². The molecule has 178 valence electrons. The average Bonchev–Trinajstić information content (AvgIpc) is 2.83. The molecule has 3 rings (SSSR count). The van der Waals surface area contributed by atoms with Gasteiger partial charge in [0.05, 0.1) is 19.3 Å². The van der Waals surface area contributed by atoms with Crippen molar-refractivity contribution in [2.24, 2.45) is 0 Å². The molecular formula is C24H25N3O6S. The molecule has 0 saturated heterocycles. The van der Waals surface area contributed by atoms with Gasteiger partial charge in [0.1, 0.15) is 6.04 Å². The summed E-state index contributed by atoms with van der Waals surface area (Å²) in [5, 5.41) is 2.63. The van der Waals surface area contributed by atoms with Crippen LogP contribution in [0.4, 0.5) is 16.2 Å². The van der Waals surface area contributed by atoms with Crippen molar-refractivity contribution in [3.8, 4) is 0 Å². The number of hydrogen-bond acceptors (Lipinski definition) is 5. The van der Waals surface area contributed by atoms with Crippen molar-refractivity contribution in [1.82, 2.24) is 5.32 Å². The first kappa shape index (κ1) is 24.7. The zero-order valence-corrected chi connectivity index (χ0v) is 19.2. The third kappa shape index (κ3) is 7.32. The van der Waals surface area contributed by atoms with Crippen LogP contribution >= 0.6 is 0 Å². The van der Waals surface area contributed by atoms with Gasteiger partial charge in [0, 0.05) is 12.1 Å². The van der Waals surface area contributed by atoms with Crippen LogP contribution in [0.3, 0.4) is 0 Å². The molecule has 0 bridgehead atoms. The Hall–Kier alpha value is -3.89. The number of nitrogens with zero attached hydrogens (tertiary/aromatic N) is 1. The third-order valence-corrected chi connectivity index (χ3v) is 5.43. The molecule has 1 atom stereocenters. The van der Waals surface area contributed by atoms with Crippen molar-refractivity contribution >= 4 is 33.7 Å². The molecule has 0 aliphatic rings. The maximum atomic E-state index is 13.7. The zero-order chi connectivity index (χ0) is 24.6. The lowest BCUT2D eigenvalue weighted by atomic mass is 10.0. The van der Waals surface area contributed by atoms with Crippen molar-refractivity contribution in [3.63, 3.8) is 0 Å². The van der Waals surface area contributed by atoms with Gasteiger partial charge < -0.3 is 15.0 Å². The summed E-state index contributed by atoms with van der Waals surface area (Å²) >= 11 is 0. The van der Waals surface area contributed by atoms with Crippen molar-refractivity contribution in [3.05, 3.63) is 96.1 Å². The van der Waals surface area contributed by atoms with Crippen LogP contribution in [0.2, 0.25) is 0 Å². The fourth-order valence-electron chi connectivity index (χ4n) is 3.35. The number of ether oxygens (including phenoxy) is 1. The van der Waals surface area contributed by atoms with Crippen molar-refractivity contribution in [2.75, 3.05) is 16.7 Å². The van der Waals surface area contributed by atoms with Crippen molar-refractivity contribution in [2.45, 2.75) is 19.0 Å². The normalized spacial score (nSPS) is 11.8. The molecule has 2 amide bonds. The molecule has 3 aromatic carbocycles. The summed E-state index contributed by atoms with van der Waals surface area (Å²) in [6, 6.07) is 23.6. The average molecular weight is 484 g/mol. The van der Waals surface area contributed by atoms with E-state index in [0.717, 1.165) is 5.56 Å². The molecule has 0 aliphatic carbocycles. The van der Waals surface area contributed by atoms with Crippen LogP contribution in [0.5, 0.6) is 0 Å². The lowest BCUT2D eigenvalue weighted by molar-refractivity contribution is -0.120. The highest BCUT2D eigenvalue weighted by molar-refractivity contribution is 7.87. The highest BCUT2D eigenvalue weighted by Crippen LogP contribution is 2.21. The third-order valence-electron chi connectivity index (χ3n) is 4.93. The number of nitrogens with one attached hydrogen (secondary N) is 2. The summed E-state index contributed by atoms with van der Waals surface area (Å²) < 4.78 is 37.7. The number of para-hydroxylation sites is 1. The summed E-state index contributed by atoms with van der Waals surface area (Å²) in [5.41, 5.74) is 2.37. The van der Waals surface area contributed by atoms with Crippen molar-refractivity contribution < 1.29 is 27.3 Å². The van der Waals surface area contributed by atoms with E-state index in [1.54, 1.807) is 36.4 Å². The van der Waals surface area contributed by atoms with Gasteiger partial charge in [0.25, 0.3) is 0 Å². The van der Waals surface area contributed by atoms with Crippen LogP contribution in [-0.2, 0) is 32.8 Å². The molecule has 0 fully saturated rings. The van der Waals surface area contributed by atoms with E-state index >= 15 is 0 Å². The highest BCUT2D eigenvalue weighted by atomic mass is 32.2. The van der Waals surface area contributed by atoms with Gasteiger partial charge in [-0.1, -0.05) is 60.7 Å². The Morgan fingerprint density at radius 3 is 2.06 bits per heavy atom. The molecule has 0 radical (unpaired) electrons. The second-order valence-electron chi connectivity index (χ2n) is 7.41. The van der Waals surface area contributed by atoms with Gasteiger partial charge in [-0.2, -0.15) is 8.42 Å². The van der Waals surface area contributed by atoms with Crippen LogP contribution in [0.25, 0.3) is 0 Å². The van der Waals surface area contributed by atoms with E-state index in [9.17, 15) is 18.0 Å². The number of rotatable bonds is 9. The number of methoxy groups -OCH3 is 1. The zero-order valence-electron chi connectivity index (χ0n) is 18.4. The first-order valence-corrected chi connectivity index (χ1v) is 11.8. The molecule has 0 aromatic heterocycles. The Balaban J connectivity index is 1.90. The van der Waals surface area contributed by atoms with Gasteiger partial charge in [-0.25, -0.2) is 4.79 Å². The highest BCUT2D eigenvalue weighted by Gasteiger charge is 2.28. The summed E-state index contributed by atoms with van der Waals surface area (Å²) in [4.78, 5) is 27.2. The minimum atomic E-state index is -4.39. The fraction of sp³-hybridized carbons (Fsp3) is 0.167. The maximum absolute atomic E-state index is 13.7. The van der Waals surface area contributed by atoms with E-state index in [0.29, 0.717) is 11.3 Å². The van der Waals surface area contributed by atoms with Gasteiger partial charge in [-0.05, 0) is 35.4 Å². The summed E-state index contributed by atoms with van der Waals surface area (Å²) in [6.07, 6.45) is -0.460. The Kier molecular flexibility index (Phi) is 8.23. The summed E-state index contributed by atoms with van der Waals surface area (Å²) in [7, 11) is -3.16. The van der Waals surface area contributed by atoms with E-state index in [4.69, 9.17) is 9.29 Å². The minimum Gasteiger partial charge on any atom is -0.453 e. The predicted molar refractivity (Wildman–Crippen MR) is 129 cm³/mol. The maximum Gasteiger partial charge on any atom is 0.407 e. The van der Waals surface area contributed by atoms with Crippen LogP contribution in [0.1, 0.15) is 11.1 Å². The number of carbonyl (C=O) groups is 2. The quantitative estimate of drug-likeness (QED) is 0.401. The largest absolute Gasteiger partial charge is 0.453 e. The smallest absolute Gasteiger partial charge is 0.407 e. The second-order valence-corrected chi connectivity index (χ2v) is 8.57. The van der Waals surface area contributed by atoms with Crippen LogP contribution in [0, 0.1) is 0 Å². The standard InChI is InChI=1S/C24H25N3O6S/c1-33-24(29)25-22(16-18-8-4-2-5-9-18)23(28)27(21-10-6-3-7-11-21)17-19-12-14-20(15-13-19)26-34(30,31)32/h2-15,22,26H,16-17H2,1H3,(H,25,29)(H,30,31,32)/t22-/m0/s1. The Morgan fingerprint density at radius 1 is 0.912 bits per heavy atom. The molecular weight excluding hydrogens is 458 g/mol. The van der Waals surface area contributed by atoms with E-state index in [1.807, 2.05) is 41.1 Å². The Bertz CT molecular complexity index is 1200. The van der Waals surface area contributed by atoms with E-state index in [1.165, 1.54) is 24.1 Å². The minimum absolute atomic E-state index is 0.156. The molecule has 34 heavy (non-hydrogen) atoms. The lowest BCUT2D eigenvalue weighted by Gasteiger charge is -2.28. The monoisotopic (exact) mass is 483 g/mol. The number of alkyl carbamates (subject to hydrolysis) is 1. The molecule has 3 aromatic rings. The topological polar surface area (TPSA) is 125 Å². The predicted octanol–water partition coefficient (Wildman–Crippen LogP) is 3.40. The summed E-state index contributed by atoms with van der Waals surface area (Å²) in [5.74, 6) is -0.347. The molecule has 0 unspecified atom stereocenters. The molecule has 0 aliphatic heterocycles. The first-order chi connectivity index (χ1) is 16.2.